The molecule has 0 saturated carbocycles. The molecule has 3 atom stereocenters. The first kappa shape index (κ1) is 44.1. The van der Waals surface area contributed by atoms with Gasteiger partial charge >= 0.3 is 11.9 Å². The number of aliphatic hydroxyl groups is 1. The van der Waals surface area contributed by atoms with E-state index >= 15 is 0 Å². The van der Waals surface area contributed by atoms with Crippen molar-refractivity contribution in [1.29, 1.82) is 0 Å². The van der Waals surface area contributed by atoms with Gasteiger partial charge in [-0.1, -0.05) is 102 Å². The maximum absolute atomic E-state index is 12.4. The van der Waals surface area contributed by atoms with Gasteiger partial charge in [-0.05, 0) is 25.3 Å². The number of esters is 2. The van der Waals surface area contributed by atoms with Gasteiger partial charge in [0.1, 0.15) is 26.0 Å². The Kier molecular flexibility index (Phi) is 27.0. The van der Waals surface area contributed by atoms with Crippen LogP contribution in [-0.2, 0) is 37.5 Å². The van der Waals surface area contributed by atoms with E-state index in [0.717, 1.165) is 19.3 Å². The minimum absolute atomic E-state index is 0.0481. The van der Waals surface area contributed by atoms with Crippen molar-refractivity contribution in [3.63, 3.8) is 0 Å². The Balaban J connectivity index is 4.55. The predicted molar refractivity (Wildman–Crippen MR) is 178 cm³/mol. The number of likely N-dealkylation sites (N-methyl/N-ethyl adjacent to an activating group) is 1. The van der Waals surface area contributed by atoms with E-state index in [4.69, 9.17) is 18.5 Å². The van der Waals surface area contributed by atoms with Gasteiger partial charge < -0.3 is 33.0 Å². The Morgan fingerprint density at radius 2 is 1.35 bits per heavy atom. The van der Waals surface area contributed by atoms with E-state index in [2.05, 4.69) is 6.92 Å². The number of nitrogens with zero attached hydrogens (tertiary/aromatic N) is 1. The molecule has 0 saturated heterocycles. The van der Waals surface area contributed by atoms with E-state index in [1.807, 2.05) is 21.1 Å². The number of aliphatic hydroxyl groups excluding tert-OH is 1. The van der Waals surface area contributed by atoms with Crippen LogP contribution in [0.3, 0.4) is 0 Å². The largest absolute Gasteiger partial charge is 0.756 e. The highest BCUT2D eigenvalue weighted by atomic mass is 31.2. The number of allylic oxidation sites excluding steroid dienone is 3. The van der Waals surface area contributed by atoms with Gasteiger partial charge in [0.2, 0.25) is 0 Å². The Morgan fingerprint density at radius 1 is 0.783 bits per heavy atom. The van der Waals surface area contributed by atoms with Crippen molar-refractivity contribution in [3.8, 4) is 0 Å². The zero-order valence-corrected chi connectivity index (χ0v) is 29.8. The summed E-state index contributed by atoms with van der Waals surface area (Å²) in [5, 5.41) is 9.96. The Labute approximate surface area is 277 Å². The molecule has 46 heavy (non-hydrogen) atoms. The normalized spacial score (nSPS) is 14.7. The number of phosphoric acid groups is 1. The summed E-state index contributed by atoms with van der Waals surface area (Å²) in [5.74, 6) is -1.10. The third kappa shape index (κ3) is 30.8. The van der Waals surface area contributed by atoms with Gasteiger partial charge in [-0.15, -0.1) is 0 Å². The molecule has 0 spiro atoms. The molecule has 0 aromatic carbocycles. The molecule has 0 aromatic heterocycles. The van der Waals surface area contributed by atoms with Crippen LogP contribution in [-0.4, -0.2) is 87.5 Å². The molecule has 0 radical (unpaired) electrons. The molecule has 2 unspecified atom stereocenters. The zero-order valence-electron chi connectivity index (χ0n) is 28.9. The fourth-order valence-electron chi connectivity index (χ4n) is 4.40. The second-order valence-corrected chi connectivity index (χ2v) is 14.2. The standard InChI is InChI=1S/C34H62NO10P/c1-5-6-7-8-9-10-11-12-13-14-15-16-19-24-33(38)42-29-32(30-44-46(40,41)43-28-26-35(2,3)4)45-34(39)25-21-23-31(37)22-18-17-20-27-36/h17-18,20,22,27,31-32,37H,5-16,19,21,23-26,28-30H2,1-4H3/t31?,32-/m1/s1. The van der Waals surface area contributed by atoms with Crippen molar-refractivity contribution in [2.45, 2.75) is 128 Å². The molecule has 0 rings (SSSR count). The molecule has 0 bridgehead atoms. The fourth-order valence-corrected chi connectivity index (χ4v) is 5.13. The van der Waals surface area contributed by atoms with Crippen LogP contribution >= 0.6 is 7.82 Å². The van der Waals surface area contributed by atoms with Crippen LogP contribution in [0.1, 0.15) is 116 Å². The first-order valence-corrected chi connectivity index (χ1v) is 18.6. The highest BCUT2D eigenvalue weighted by Crippen LogP contribution is 2.38. The molecule has 268 valence electrons. The van der Waals surface area contributed by atoms with Crippen LogP contribution < -0.4 is 4.89 Å². The van der Waals surface area contributed by atoms with Crippen molar-refractivity contribution >= 4 is 26.0 Å². The minimum atomic E-state index is -4.68. The quantitative estimate of drug-likeness (QED) is 0.0177. The molecular weight excluding hydrogens is 613 g/mol. The van der Waals surface area contributed by atoms with Crippen LogP contribution in [0.25, 0.3) is 0 Å². The van der Waals surface area contributed by atoms with Gasteiger partial charge in [-0.2, -0.15) is 0 Å². The van der Waals surface area contributed by atoms with Crippen molar-refractivity contribution < 1.29 is 52.0 Å². The van der Waals surface area contributed by atoms with Gasteiger partial charge in [0.15, 0.2) is 6.10 Å². The van der Waals surface area contributed by atoms with E-state index in [1.165, 1.54) is 82.1 Å². The summed E-state index contributed by atoms with van der Waals surface area (Å²) in [6.07, 6.45) is 20.7. The SMILES string of the molecule is CCCCCCCCCCCCCCCC(=O)OC[C@H](COP(=O)([O-])OCC[N+](C)(C)C)OC(=O)CCCC(O)C=CC=CC=O. The molecule has 12 heteroatoms. The third-order valence-electron chi connectivity index (χ3n) is 7.16. The van der Waals surface area contributed by atoms with E-state index < -0.39 is 38.6 Å². The number of rotatable bonds is 31. The summed E-state index contributed by atoms with van der Waals surface area (Å²) in [5.41, 5.74) is 0. The fraction of sp³-hybridized carbons (Fsp3) is 0.794. The van der Waals surface area contributed by atoms with Crippen molar-refractivity contribution in [1.82, 2.24) is 0 Å². The van der Waals surface area contributed by atoms with Crippen LogP contribution in [0, 0.1) is 0 Å². The summed E-state index contributed by atoms with van der Waals surface area (Å²) < 4.78 is 33.3. The summed E-state index contributed by atoms with van der Waals surface area (Å²) in [4.78, 5) is 47.3. The lowest BCUT2D eigenvalue weighted by molar-refractivity contribution is -0.870. The number of unbranched alkanes of at least 4 members (excludes halogenated alkanes) is 12. The molecular formula is C34H62NO10P. The van der Waals surface area contributed by atoms with E-state index in [9.17, 15) is 28.9 Å². The maximum Gasteiger partial charge on any atom is 0.306 e. The number of phosphoric ester groups is 1. The van der Waals surface area contributed by atoms with Crippen molar-refractivity contribution in [2.24, 2.45) is 0 Å². The van der Waals surface area contributed by atoms with Crippen molar-refractivity contribution in [2.75, 3.05) is 47.5 Å². The average Bonchev–Trinajstić information content (AvgIpc) is 2.98. The van der Waals surface area contributed by atoms with Gasteiger partial charge in [-0.25, -0.2) is 0 Å². The predicted octanol–water partition coefficient (Wildman–Crippen LogP) is 5.97. The molecule has 0 aliphatic rings. The number of hydrogen-bond donors (Lipinski definition) is 1. The summed E-state index contributed by atoms with van der Waals surface area (Å²) in [6, 6.07) is 0. The summed E-state index contributed by atoms with van der Waals surface area (Å²) >= 11 is 0. The van der Waals surface area contributed by atoms with Crippen molar-refractivity contribution in [3.05, 3.63) is 24.3 Å². The summed E-state index contributed by atoms with van der Waals surface area (Å²) in [7, 11) is 0.995. The first-order valence-electron chi connectivity index (χ1n) is 17.1. The van der Waals surface area contributed by atoms with E-state index in [-0.39, 0.29) is 32.5 Å². The van der Waals surface area contributed by atoms with Gasteiger partial charge in [0, 0.05) is 12.8 Å². The molecule has 0 fully saturated rings. The smallest absolute Gasteiger partial charge is 0.306 e. The molecule has 0 heterocycles. The molecule has 0 aromatic rings. The Hall–Kier alpha value is -1.88. The lowest BCUT2D eigenvalue weighted by atomic mass is 10.0. The number of quaternary nitrogens is 1. The van der Waals surface area contributed by atoms with Crippen LogP contribution in [0.2, 0.25) is 0 Å². The number of aldehydes is 1. The maximum atomic E-state index is 12.4. The number of carbonyl (C=O) groups excluding carboxylic acids is 3. The van der Waals surface area contributed by atoms with E-state index in [0.29, 0.717) is 30.2 Å². The highest BCUT2D eigenvalue weighted by molar-refractivity contribution is 7.45. The molecule has 0 amide bonds. The second kappa shape index (κ2) is 28.2. The Bertz CT molecular complexity index is 903. The number of carbonyl (C=O) groups is 3. The molecule has 0 aliphatic heterocycles. The molecule has 1 N–H and O–H groups in total. The van der Waals surface area contributed by atoms with Crippen LogP contribution in [0.15, 0.2) is 24.3 Å². The summed E-state index contributed by atoms with van der Waals surface area (Å²) in [6.45, 7) is 1.67. The lowest BCUT2D eigenvalue weighted by Gasteiger charge is -2.28. The number of ether oxygens (including phenoxy) is 2. The van der Waals surface area contributed by atoms with Crippen LogP contribution in [0.5, 0.6) is 0 Å². The topological polar surface area (TPSA) is 148 Å². The lowest BCUT2D eigenvalue weighted by Crippen LogP contribution is -2.37. The van der Waals surface area contributed by atoms with Crippen LogP contribution in [0.4, 0.5) is 0 Å². The monoisotopic (exact) mass is 675 g/mol. The minimum Gasteiger partial charge on any atom is -0.756 e. The molecule has 0 aliphatic carbocycles. The number of hydrogen-bond acceptors (Lipinski definition) is 10. The van der Waals surface area contributed by atoms with Gasteiger partial charge in [-0.3, -0.25) is 18.9 Å². The highest BCUT2D eigenvalue weighted by Gasteiger charge is 2.22. The van der Waals surface area contributed by atoms with Gasteiger partial charge in [0.25, 0.3) is 7.82 Å². The first-order chi connectivity index (χ1) is 21.9. The molecule has 11 nitrogen and oxygen atoms in total. The zero-order chi connectivity index (χ0) is 34.5. The van der Waals surface area contributed by atoms with E-state index in [1.54, 1.807) is 0 Å². The second-order valence-electron chi connectivity index (χ2n) is 12.7. The third-order valence-corrected chi connectivity index (χ3v) is 8.12. The Morgan fingerprint density at radius 3 is 1.91 bits per heavy atom. The average molecular weight is 676 g/mol. The van der Waals surface area contributed by atoms with Gasteiger partial charge in [0.05, 0.1) is 33.9 Å².